The zero-order valence-corrected chi connectivity index (χ0v) is 17.0. The highest BCUT2D eigenvalue weighted by atomic mass is 35.5. The van der Waals surface area contributed by atoms with E-state index in [-0.39, 0.29) is 11.4 Å². The summed E-state index contributed by atoms with van der Waals surface area (Å²) in [6.07, 6.45) is 7.56. The lowest BCUT2D eigenvalue weighted by molar-refractivity contribution is 0.0963. The first kappa shape index (κ1) is 19.4. The van der Waals surface area contributed by atoms with Crippen LogP contribution < -0.4 is 16.0 Å². The van der Waals surface area contributed by atoms with Gasteiger partial charge in [0.15, 0.2) is 0 Å². The van der Waals surface area contributed by atoms with Gasteiger partial charge in [-0.15, -0.1) is 0 Å². The molecule has 1 aliphatic carbocycles. The molecule has 0 unspecified atom stereocenters. The second-order valence-corrected chi connectivity index (χ2v) is 7.54. The molecule has 3 N–H and O–H groups in total. The summed E-state index contributed by atoms with van der Waals surface area (Å²) in [5.41, 5.74) is 2.84. The monoisotopic (exact) mass is 411 g/mol. The number of rotatable bonds is 7. The first-order valence-electron chi connectivity index (χ1n) is 9.35. The lowest BCUT2D eigenvalue weighted by atomic mass is 10.2. The Morgan fingerprint density at radius 2 is 2.10 bits per heavy atom. The van der Waals surface area contributed by atoms with Gasteiger partial charge in [0.1, 0.15) is 0 Å². The van der Waals surface area contributed by atoms with Crippen molar-refractivity contribution >= 4 is 29.1 Å². The Morgan fingerprint density at radius 1 is 1.28 bits per heavy atom. The molecule has 9 heteroatoms. The van der Waals surface area contributed by atoms with Crippen LogP contribution in [0.25, 0.3) is 11.3 Å². The molecule has 0 saturated heterocycles. The zero-order chi connectivity index (χ0) is 20.4. The van der Waals surface area contributed by atoms with Crippen molar-refractivity contribution in [1.29, 1.82) is 0 Å². The Hall–Kier alpha value is -2.97. The van der Waals surface area contributed by atoms with Crippen molar-refractivity contribution in [2.45, 2.75) is 24.9 Å². The van der Waals surface area contributed by atoms with Crippen molar-refractivity contribution in [3.8, 4) is 11.3 Å². The summed E-state index contributed by atoms with van der Waals surface area (Å²) < 4.78 is 1.91. The lowest BCUT2D eigenvalue weighted by Gasteiger charge is -2.13. The van der Waals surface area contributed by atoms with E-state index in [4.69, 9.17) is 11.6 Å². The van der Waals surface area contributed by atoms with Gasteiger partial charge in [0.2, 0.25) is 5.95 Å². The SMILES string of the molecule is CNC(=O)c1cccc(Nc2ncc(Cl)c(-c3cnn(CC4(NC)CC4)c3)n2)c1. The number of nitrogens with one attached hydrogen (secondary N) is 3. The van der Waals surface area contributed by atoms with E-state index in [2.05, 4.69) is 31.0 Å². The molecule has 0 radical (unpaired) electrons. The van der Waals surface area contributed by atoms with Crippen LogP contribution >= 0.6 is 11.6 Å². The molecule has 1 amide bonds. The van der Waals surface area contributed by atoms with Crippen molar-refractivity contribution in [2.24, 2.45) is 0 Å². The molecule has 2 aromatic heterocycles. The van der Waals surface area contributed by atoms with E-state index in [0.29, 0.717) is 27.9 Å². The van der Waals surface area contributed by atoms with Crippen LogP contribution in [0.15, 0.2) is 42.9 Å². The minimum absolute atomic E-state index is 0.154. The number of carbonyl (C=O) groups is 1. The van der Waals surface area contributed by atoms with Crippen LogP contribution in [0.5, 0.6) is 0 Å². The number of hydrogen-bond donors (Lipinski definition) is 3. The Kier molecular flexibility index (Phi) is 5.21. The highest BCUT2D eigenvalue weighted by Crippen LogP contribution is 2.36. The highest BCUT2D eigenvalue weighted by Gasteiger charge is 2.41. The number of aromatic nitrogens is 4. The maximum absolute atomic E-state index is 11.8. The van der Waals surface area contributed by atoms with Crippen LogP contribution in [0, 0.1) is 0 Å². The van der Waals surface area contributed by atoms with Crippen molar-refractivity contribution in [2.75, 3.05) is 19.4 Å². The lowest BCUT2D eigenvalue weighted by Crippen LogP contribution is -2.32. The maximum atomic E-state index is 11.8. The van der Waals surface area contributed by atoms with Gasteiger partial charge in [0.25, 0.3) is 5.91 Å². The van der Waals surface area contributed by atoms with Crippen molar-refractivity contribution in [3.05, 3.63) is 53.4 Å². The molecule has 3 aromatic rings. The van der Waals surface area contributed by atoms with Gasteiger partial charge in [-0.3, -0.25) is 9.48 Å². The van der Waals surface area contributed by atoms with Crippen LogP contribution in [-0.2, 0) is 6.54 Å². The van der Waals surface area contributed by atoms with Gasteiger partial charge < -0.3 is 16.0 Å². The maximum Gasteiger partial charge on any atom is 0.251 e. The molecule has 0 bridgehead atoms. The molecule has 150 valence electrons. The van der Waals surface area contributed by atoms with Gasteiger partial charge in [0, 0.05) is 35.6 Å². The quantitative estimate of drug-likeness (QED) is 0.553. The third-order valence-electron chi connectivity index (χ3n) is 5.11. The molecule has 0 spiro atoms. The van der Waals surface area contributed by atoms with Gasteiger partial charge in [0.05, 0.1) is 29.7 Å². The van der Waals surface area contributed by atoms with Gasteiger partial charge >= 0.3 is 0 Å². The molecule has 1 saturated carbocycles. The predicted molar refractivity (Wildman–Crippen MR) is 112 cm³/mol. The number of likely N-dealkylation sites (N-methyl/N-ethyl adjacent to an activating group) is 1. The summed E-state index contributed by atoms with van der Waals surface area (Å²) in [7, 11) is 3.58. The zero-order valence-electron chi connectivity index (χ0n) is 16.2. The molecular formula is C20H22ClN7O. The Balaban J connectivity index is 1.55. The molecule has 8 nitrogen and oxygen atoms in total. The third-order valence-corrected chi connectivity index (χ3v) is 5.38. The summed E-state index contributed by atoms with van der Waals surface area (Å²) >= 11 is 6.35. The molecule has 2 heterocycles. The van der Waals surface area contributed by atoms with Crippen LogP contribution in [-0.4, -0.2) is 45.3 Å². The first-order chi connectivity index (χ1) is 14.0. The predicted octanol–water partition coefficient (Wildman–Crippen LogP) is 2.85. The van der Waals surface area contributed by atoms with E-state index in [1.807, 2.05) is 24.0 Å². The van der Waals surface area contributed by atoms with E-state index in [1.165, 1.54) is 0 Å². The summed E-state index contributed by atoms with van der Waals surface area (Å²) in [6.45, 7) is 0.809. The summed E-state index contributed by atoms with van der Waals surface area (Å²) in [5.74, 6) is 0.230. The number of benzene rings is 1. The molecular weight excluding hydrogens is 390 g/mol. The Bertz CT molecular complexity index is 1040. The molecule has 0 aliphatic heterocycles. The highest BCUT2D eigenvalue weighted by molar-refractivity contribution is 6.32. The minimum Gasteiger partial charge on any atom is -0.355 e. The van der Waals surface area contributed by atoms with Gasteiger partial charge in [-0.25, -0.2) is 9.97 Å². The topological polar surface area (TPSA) is 96.8 Å². The molecule has 29 heavy (non-hydrogen) atoms. The van der Waals surface area contributed by atoms with Gasteiger partial charge in [-0.1, -0.05) is 17.7 Å². The van der Waals surface area contributed by atoms with Crippen LogP contribution in [0.2, 0.25) is 5.02 Å². The van der Waals surface area contributed by atoms with Crippen molar-refractivity contribution in [1.82, 2.24) is 30.4 Å². The average Bonchev–Trinajstić information content (AvgIpc) is 3.37. The summed E-state index contributed by atoms with van der Waals surface area (Å²) in [6, 6.07) is 7.11. The smallest absolute Gasteiger partial charge is 0.251 e. The number of hydrogen-bond acceptors (Lipinski definition) is 6. The van der Waals surface area contributed by atoms with Crippen LogP contribution in [0.4, 0.5) is 11.6 Å². The van der Waals surface area contributed by atoms with Crippen LogP contribution in [0.1, 0.15) is 23.2 Å². The fourth-order valence-corrected chi connectivity index (χ4v) is 3.36. The number of anilines is 2. The number of nitrogens with zero attached hydrogens (tertiary/aromatic N) is 4. The molecule has 4 rings (SSSR count). The Labute approximate surface area is 173 Å². The largest absolute Gasteiger partial charge is 0.355 e. The van der Waals surface area contributed by atoms with Gasteiger partial charge in [-0.2, -0.15) is 5.10 Å². The third kappa shape index (κ3) is 4.23. The van der Waals surface area contributed by atoms with E-state index in [0.717, 1.165) is 24.9 Å². The minimum atomic E-state index is -0.159. The fraction of sp³-hybridized carbons (Fsp3) is 0.300. The number of carbonyl (C=O) groups excluding carboxylic acids is 1. The van der Waals surface area contributed by atoms with Crippen LogP contribution in [0.3, 0.4) is 0 Å². The van der Waals surface area contributed by atoms with E-state index >= 15 is 0 Å². The first-order valence-corrected chi connectivity index (χ1v) is 9.73. The summed E-state index contributed by atoms with van der Waals surface area (Å²) in [4.78, 5) is 20.6. The van der Waals surface area contributed by atoms with E-state index in [1.54, 1.807) is 37.6 Å². The second-order valence-electron chi connectivity index (χ2n) is 7.13. The molecule has 1 fully saturated rings. The average molecular weight is 412 g/mol. The molecule has 1 aromatic carbocycles. The standard InChI is InChI=1S/C20H22ClN7O/c1-22-18(29)13-4-3-5-15(8-13)26-19-24-10-16(21)17(27-19)14-9-25-28(11-14)12-20(23-2)6-7-20/h3-5,8-11,23H,6-7,12H2,1-2H3,(H,22,29)(H,24,26,27). The van der Waals surface area contributed by atoms with E-state index < -0.39 is 0 Å². The number of halogens is 1. The van der Waals surface area contributed by atoms with Crippen molar-refractivity contribution in [3.63, 3.8) is 0 Å². The summed E-state index contributed by atoms with van der Waals surface area (Å²) in [5, 5.41) is 14.0. The van der Waals surface area contributed by atoms with Gasteiger partial charge in [-0.05, 0) is 38.1 Å². The second kappa shape index (κ2) is 7.81. The van der Waals surface area contributed by atoms with Crippen molar-refractivity contribution < 1.29 is 4.79 Å². The number of amides is 1. The molecule has 1 aliphatic rings. The molecule has 0 atom stereocenters. The fourth-order valence-electron chi connectivity index (χ4n) is 3.16. The Morgan fingerprint density at radius 3 is 2.83 bits per heavy atom. The van der Waals surface area contributed by atoms with E-state index in [9.17, 15) is 4.79 Å². The normalized spacial score (nSPS) is 14.4.